The molecule has 0 N–H and O–H groups in total. The summed E-state index contributed by atoms with van der Waals surface area (Å²) < 4.78 is 45.0. The molecule has 0 aliphatic carbocycles. The van der Waals surface area contributed by atoms with E-state index in [1.165, 1.54) is 6.92 Å². The van der Waals surface area contributed by atoms with E-state index >= 15 is 0 Å². The van der Waals surface area contributed by atoms with Gasteiger partial charge < -0.3 is 28.1 Å². The number of fused-ring (bicyclic) bond motifs is 1. The van der Waals surface area contributed by atoms with E-state index < -0.39 is 17.4 Å². The normalized spacial score (nSPS) is 10.9. The van der Waals surface area contributed by atoms with Crippen molar-refractivity contribution in [2.75, 3.05) is 52.9 Å². The van der Waals surface area contributed by atoms with Crippen molar-refractivity contribution >= 4 is 16.9 Å². The minimum absolute atomic E-state index is 0.175. The number of ether oxygens (including phenoxy) is 5. The highest BCUT2D eigenvalue weighted by molar-refractivity contribution is 5.86. The minimum Gasteiger partial charge on any atom is -0.491 e. The van der Waals surface area contributed by atoms with Crippen molar-refractivity contribution in [3.05, 3.63) is 52.2 Å². The van der Waals surface area contributed by atoms with Crippen molar-refractivity contribution in [2.45, 2.75) is 13.8 Å². The van der Waals surface area contributed by atoms with E-state index in [0.717, 1.165) is 0 Å². The summed E-state index contributed by atoms with van der Waals surface area (Å²) in [5.41, 5.74) is -0.127. The van der Waals surface area contributed by atoms with Crippen LogP contribution in [0.4, 0.5) is 4.39 Å². The van der Waals surface area contributed by atoms with E-state index in [4.69, 9.17) is 28.1 Å². The molecule has 1 aromatic carbocycles. The highest BCUT2D eigenvalue weighted by Gasteiger charge is 2.11. The predicted octanol–water partition coefficient (Wildman–Crippen LogP) is 2.79. The Morgan fingerprint density at radius 3 is 2.19 bits per heavy atom. The minimum atomic E-state index is -0.998. The van der Waals surface area contributed by atoms with Crippen LogP contribution in [0.25, 0.3) is 11.0 Å². The molecule has 1 heterocycles. The molecule has 2 rings (SSSR count). The lowest BCUT2D eigenvalue weighted by molar-refractivity contribution is -0.140. The van der Waals surface area contributed by atoms with Gasteiger partial charge in [0.2, 0.25) is 5.82 Å². The van der Waals surface area contributed by atoms with Gasteiger partial charge in [0.05, 0.1) is 39.6 Å². The van der Waals surface area contributed by atoms with Gasteiger partial charge in [-0.2, -0.15) is 4.39 Å². The van der Waals surface area contributed by atoms with E-state index in [0.29, 0.717) is 63.0 Å². The Balaban J connectivity index is 1.50. The second-order valence-corrected chi connectivity index (χ2v) is 6.59. The van der Waals surface area contributed by atoms with Crippen LogP contribution in [0.2, 0.25) is 0 Å². The topological polar surface area (TPSA) is 93.4 Å². The van der Waals surface area contributed by atoms with E-state index in [-0.39, 0.29) is 17.8 Å². The van der Waals surface area contributed by atoms with Gasteiger partial charge >= 0.3 is 11.6 Å². The number of aryl methyl sites for hydroxylation is 1. The number of hydrogen-bond donors (Lipinski definition) is 0. The number of benzene rings is 1. The molecule has 0 atom stereocenters. The molecule has 0 saturated carbocycles. The number of carbonyl (C=O) groups is 1. The van der Waals surface area contributed by atoms with Crippen LogP contribution in [-0.4, -0.2) is 58.8 Å². The third kappa shape index (κ3) is 8.12. The molecule has 8 nitrogen and oxygen atoms in total. The summed E-state index contributed by atoms with van der Waals surface area (Å²) in [7, 11) is 0. The zero-order chi connectivity index (χ0) is 22.6. The van der Waals surface area contributed by atoms with Crippen molar-refractivity contribution in [1.82, 2.24) is 0 Å². The summed E-state index contributed by atoms with van der Waals surface area (Å²) in [6.45, 7) is 9.28. The molecular weight excluding hydrogens is 411 g/mol. The van der Waals surface area contributed by atoms with E-state index in [2.05, 4.69) is 6.58 Å². The first-order valence-electron chi connectivity index (χ1n) is 9.81. The summed E-state index contributed by atoms with van der Waals surface area (Å²) in [5, 5.41) is 0.523. The molecule has 0 radical (unpaired) electrons. The number of rotatable bonds is 14. The Labute approximate surface area is 179 Å². The first-order chi connectivity index (χ1) is 14.9. The highest BCUT2D eigenvalue weighted by Crippen LogP contribution is 2.23. The number of esters is 1. The lowest BCUT2D eigenvalue weighted by atomic mass is 10.1. The Bertz CT molecular complexity index is 937. The second-order valence-electron chi connectivity index (χ2n) is 6.59. The molecule has 1 aromatic heterocycles. The van der Waals surface area contributed by atoms with Gasteiger partial charge in [0.25, 0.3) is 0 Å². The summed E-state index contributed by atoms with van der Waals surface area (Å²) in [5.74, 6) is -0.821. The molecule has 0 fully saturated rings. The zero-order valence-electron chi connectivity index (χ0n) is 17.7. The fraction of sp³-hybridized carbons (Fsp3) is 0.455. The maximum Gasteiger partial charge on any atom is 0.372 e. The van der Waals surface area contributed by atoms with E-state index in [1.54, 1.807) is 25.1 Å². The Morgan fingerprint density at radius 2 is 1.58 bits per heavy atom. The van der Waals surface area contributed by atoms with Crippen molar-refractivity contribution < 1.29 is 37.3 Å². The highest BCUT2D eigenvalue weighted by atomic mass is 19.1. The largest absolute Gasteiger partial charge is 0.491 e. The van der Waals surface area contributed by atoms with Gasteiger partial charge in [-0.25, -0.2) is 9.59 Å². The molecule has 170 valence electrons. The monoisotopic (exact) mass is 438 g/mol. The second kappa shape index (κ2) is 12.8. The molecule has 0 aliphatic rings. The summed E-state index contributed by atoms with van der Waals surface area (Å²) >= 11 is 0. The van der Waals surface area contributed by atoms with Gasteiger partial charge in [-0.05, 0) is 26.0 Å². The van der Waals surface area contributed by atoms with Crippen molar-refractivity contribution in [3.63, 3.8) is 0 Å². The third-order valence-corrected chi connectivity index (χ3v) is 4.12. The van der Waals surface area contributed by atoms with Crippen LogP contribution in [0.3, 0.4) is 0 Å². The van der Waals surface area contributed by atoms with Crippen LogP contribution in [0.15, 0.2) is 39.6 Å². The average molecular weight is 438 g/mol. The molecule has 0 spiro atoms. The maximum atomic E-state index is 13.6. The van der Waals surface area contributed by atoms with Crippen molar-refractivity contribution in [3.8, 4) is 5.75 Å². The first kappa shape index (κ1) is 24.5. The van der Waals surface area contributed by atoms with Gasteiger partial charge in [-0.3, -0.25) is 0 Å². The first-order valence-corrected chi connectivity index (χ1v) is 9.81. The molecular formula is C22H27FO8. The number of hydrogen-bond acceptors (Lipinski definition) is 8. The van der Waals surface area contributed by atoms with Gasteiger partial charge in [-0.15, -0.1) is 0 Å². The Morgan fingerprint density at radius 1 is 1.00 bits per heavy atom. The summed E-state index contributed by atoms with van der Waals surface area (Å²) in [6.07, 6.45) is 0. The standard InChI is InChI=1S/C22H27FO8/c1-15(2)21(24)30-13-11-28-9-7-26-6-8-27-10-12-29-17-4-5-18-16(3)20(23)22(25)31-19(18)14-17/h4-5,14H,1,6-13H2,2-3H3. The lowest BCUT2D eigenvalue weighted by Crippen LogP contribution is -2.15. The Kier molecular flexibility index (Phi) is 10.2. The van der Waals surface area contributed by atoms with Crippen LogP contribution in [0.1, 0.15) is 12.5 Å². The molecule has 0 amide bonds. The number of carbonyl (C=O) groups excluding carboxylic acids is 1. The molecule has 0 unspecified atom stereocenters. The van der Waals surface area contributed by atoms with Crippen molar-refractivity contribution in [1.29, 1.82) is 0 Å². The summed E-state index contributed by atoms with van der Waals surface area (Å²) in [4.78, 5) is 22.6. The van der Waals surface area contributed by atoms with Crippen LogP contribution in [-0.2, 0) is 23.7 Å². The smallest absolute Gasteiger partial charge is 0.372 e. The van der Waals surface area contributed by atoms with Gasteiger partial charge in [0.15, 0.2) is 0 Å². The molecule has 0 aliphatic heterocycles. The molecule has 31 heavy (non-hydrogen) atoms. The summed E-state index contributed by atoms with van der Waals surface area (Å²) in [6, 6.07) is 4.87. The van der Waals surface area contributed by atoms with Crippen molar-refractivity contribution in [2.24, 2.45) is 0 Å². The predicted molar refractivity (Wildman–Crippen MR) is 111 cm³/mol. The third-order valence-electron chi connectivity index (χ3n) is 4.12. The van der Waals surface area contributed by atoms with Gasteiger partial charge in [-0.1, -0.05) is 6.58 Å². The van der Waals surface area contributed by atoms with Gasteiger partial charge in [0.1, 0.15) is 24.5 Å². The lowest BCUT2D eigenvalue weighted by Gasteiger charge is -2.09. The number of halogens is 1. The van der Waals surface area contributed by atoms with E-state index in [1.807, 2.05) is 0 Å². The zero-order valence-corrected chi connectivity index (χ0v) is 17.7. The van der Waals surface area contributed by atoms with Crippen LogP contribution in [0.5, 0.6) is 5.75 Å². The fourth-order valence-corrected chi connectivity index (χ4v) is 2.48. The van der Waals surface area contributed by atoms with E-state index in [9.17, 15) is 14.0 Å². The quantitative estimate of drug-likeness (QED) is 0.192. The maximum absolute atomic E-state index is 13.6. The SMILES string of the molecule is C=C(C)C(=O)OCCOCCOCCOCCOc1ccc2c(C)c(F)c(=O)oc2c1. The molecule has 9 heteroatoms. The molecule has 2 aromatic rings. The van der Waals surface area contributed by atoms with Crippen LogP contribution >= 0.6 is 0 Å². The van der Waals surface area contributed by atoms with Crippen LogP contribution in [0, 0.1) is 12.7 Å². The average Bonchev–Trinajstić information content (AvgIpc) is 2.75. The van der Waals surface area contributed by atoms with Crippen LogP contribution < -0.4 is 10.4 Å². The molecule has 0 bridgehead atoms. The van der Waals surface area contributed by atoms with Gasteiger partial charge in [0, 0.05) is 22.6 Å². The Hall–Kier alpha value is -2.75. The molecule has 0 saturated heterocycles. The fourth-order valence-electron chi connectivity index (χ4n) is 2.48.